The molecule has 5 heteroatoms. The third kappa shape index (κ3) is 4.09. The summed E-state index contributed by atoms with van der Waals surface area (Å²) in [6.45, 7) is 3.96. The highest BCUT2D eigenvalue weighted by atomic mass is 32.2. The van der Waals surface area contributed by atoms with Crippen LogP contribution in [0.2, 0.25) is 0 Å². The molecule has 0 bridgehead atoms. The molecule has 0 amide bonds. The molecule has 1 saturated carbocycles. The van der Waals surface area contributed by atoms with Gasteiger partial charge in [0, 0.05) is 12.6 Å². The summed E-state index contributed by atoms with van der Waals surface area (Å²) in [5.41, 5.74) is 5.79. The van der Waals surface area contributed by atoms with Crippen LogP contribution in [0.1, 0.15) is 39.5 Å². The number of hydrogen-bond acceptors (Lipinski definition) is 3. The summed E-state index contributed by atoms with van der Waals surface area (Å²) in [5.74, 6) is 0.471. The summed E-state index contributed by atoms with van der Waals surface area (Å²) in [4.78, 5) is 0. The van der Waals surface area contributed by atoms with Crippen molar-refractivity contribution in [1.82, 2.24) is 4.72 Å². The van der Waals surface area contributed by atoms with Crippen LogP contribution < -0.4 is 10.5 Å². The molecular weight excluding hydrogens is 212 g/mol. The van der Waals surface area contributed by atoms with E-state index >= 15 is 0 Å². The summed E-state index contributed by atoms with van der Waals surface area (Å²) < 4.78 is 25.7. The molecule has 0 aromatic carbocycles. The Kier molecular flexibility index (Phi) is 4.55. The van der Waals surface area contributed by atoms with Crippen molar-refractivity contribution < 1.29 is 8.42 Å². The predicted molar refractivity (Wildman–Crippen MR) is 62.0 cm³/mol. The largest absolute Gasteiger partial charge is 0.328 e. The van der Waals surface area contributed by atoms with Gasteiger partial charge in [-0.3, -0.25) is 0 Å². The summed E-state index contributed by atoms with van der Waals surface area (Å²) in [5, 5.41) is -0.344. The molecule has 1 aliphatic carbocycles. The maximum atomic E-state index is 11.5. The second-order valence-electron chi connectivity index (χ2n) is 4.72. The van der Waals surface area contributed by atoms with Gasteiger partial charge in [0.05, 0.1) is 5.25 Å². The molecule has 1 fully saturated rings. The molecule has 3 N–H and O–H groups in total. The van der Waals surface area contributed by atoms with E-state index in [1.54, 1.807) is 13.8 Å². The van der Waals surface area contributed by atoms with Gasteiger partial charge in [-0.25, -0.2) is 13.1 Å². The van der Waals surface area contributed by atoms with Crippen LogP contribution in [-0.2, 0) is 10.0 Å². The van der Waals surface area contributed by atoms with E-state index in [0.717, 1.165) is 25.7 Å². The van der Waals surface area contributed by atoms with Crippen LogP contribution in [0.5, 0.6) is 0 Å². The monoisotopic (exact) mass is 234 g/mol. The molecule has 0 unspecified atom stereocenters. The summed E-state index contributed by atoms with van der Waals surface area (Å²) >= 11 is 0. The lowest BCUT2D eigenvalue weighted by Crippen LogP contribution is -2.37. The molecule has 0 atom stereocenters. The molecule has 15 heavy (non-hydrogen) atoms. The van der Waals surface area contributed by atoms with Crippen LogP contribution in [-0.4, -0.2) is 26.3 Å². The minimum absolute atomic E-state index is 0.322. The van der Waals surface area contributed by atoms with Crippen LogP contribution in [0.15, 0.2) is 0 Å². The van der Waals surface area contributed by atoms with Crippen LogP contribution in [0.3, 0.4) is 0 Å². The van der Waals surface area contributed by atoms with Gasteiger partial charge in [0.15, 0.2) is 0 Å². The molecule has 1 rings (SSSR count). The lowest BCUT2D eigenvalue weighted by atomic mass is 9.87. The first-order valence-electron chi connectivity index (χ1n) is 5.66. The Balaban J connectivity index is 2.32. The highest BCUT2D eigenvalue weighted by molar-refractivity contribution is 7.90. The van der Waals surface area contributed by atoms with Crippen molar-refractivity contribution >= 4 is 10.0 Å². The van der Waals surface area contributed by atoms with E-state index in [1.807, 2.05) is 0 Å². The lowest BCUT2D eigenvalue weighted by Gasteiger charge is -2.26. The van der Waals surface area contributed by atoms with E-state index in [2.05, 4.69) is 4.72 Å². The molecule has 0 aliphatic heterocycles. The fraction of sp³-hybridized carbons (Fsp3) is 1.00. The fourth-order valence-corrected chi connectivity index (χ4v) is 2.59. The van der Waals surface area contributed by atoms with Gasteiger partial charge in [0.2, 0.25) is 10.0 Å². The minimum atomic E-state index is -3.09. The first-order valence-corrected chi connectivity index (χ1v) is 7.20. The molecule has 0 saturated heterocycles. The second kappa shape index (κ2) is 5.27. The Bertz CT molecular complexity index is 280. The normalized spacial score (nSPS) is 28.3. The minimum Gasteiger partial charge on any atom is -0.328 e. The van der Waals surface area contributed by atoms with Gasteiger partial charge in [-0.1, -0.05) is 0 Å². The highest BCUT2D eigenvalue weighted by Gasteiger charge is 2.21. The van der Waals surface area contributed by atoms with E-state index in [1.165, 1.54) is 0 Å². The molecule has 4 nitrogen and oxygen atoms in total. The van der Waals surface area contributed by atoms with Crippen molar-refractivity contribution in [1.29, 1.82) is 0 Å². The Morgan fingerprint density at radius 1 is 1.27 bits per heavy atom. The van der Waals surface area contributed by atoms with Crippen molar-refractivity contribution in [3.63, 3.8) is 0 Å². The zero-order chi connectivity index (χ0) is 11.5. The number of hydrogen-bond donors (Lipinski definition) is 2. The Labute approximate surface area is 92.7 Å². The van der Waals surface area contributed by atoms with E-state index in [0.29, 0.717) is 18.5 Å². The van der Waals surface area contributed by atoms with E-state index in [-0.39, 0.29) is 5.25 Å². The first-order chi connectivity index (χ1) is 6.92. The Morgan fingerprint density at radius 3 is 2.27 bits per heavy atom. The Hall–Kier alpha value is -0.130. The van der Waals surface area contributed by atoms with E-state index in [4.69, 9.17) is 5.73 Å². The fourth-order valence-electron chi connectivity index (χ4n) is 1.79. The number of sulfonamides is 1. The SMILES string of the molecule is CC(C)S(=O)(=O)NCC1CCC(N)CC1. The zero-order valence-electron chi connectivity index (χ0n) is 9.57. The Morgan fingerprint density at radius 2 is 1.80 bits per heavy atom. The topological polar surface area (TPSA) is 72.2 Å². The third-order valence-electron chi connectivity index (χ3n) is 3.09. The molecule has 1 aliphatic rings. The quantitative estimate of drug-likeness (QED) is 0.757. The van der Waals surface area contributed by atoms with Gasteiger partial charge in [-0.05, 0) is 45.4 Å². The standard InChI is InChI=1S/C10H22N2O2S/c1-8(2)15(13,14)12-7-9-3-5-10(11)6-4-9/h8-10,12H,3-7,11H2,1-2H3. The molecule has 0 radical (unpaired) electrons. The number of nitrogens with one attached hydrogen (secondary N) is 1. The van der Waals surface area contributed by atoms with Gasteiger partial charge in [0.25, 0.3) is 0 Å². The number of nitrogens with two attached hydrogens (primary N) is 1. The molecule has 0 heterocycles. The van der Waals surface area contributed by atoms with Crippen LogP contribution in [0.25, 0.3) is 0 Å². The molecule has 90 valence electrons. The third-order valence-corrected chi connectivity index (χ3v) is 4.90. The van der Waals surface area contributed by atoms with Crippen LogP contribution in [0, 0.1) is 5.92 Å². The van der Waals surface area contributed by atoms with Crippen molar-refractivity contribution in [3.8, 4) is 0 Å². The lowest BCUT2D eigenvalue weighted by molar-refractivity contribution is 0.326. The van der Waals surface area contributed by atoms with Crippen LogP contribution in [0.4, 0.5) is 0 Å². The summed E-state index contributed by atoms with van der Waals surface area (Å²) in [7, 11) is -3.09. The van der Waals surface area contributed by atoms with Crippen molar-refractivity contribution in [2.75, 3.05) is 6.54 Å². The van der Waals surface area contributed by atoms with Gasteiger partial charge < -0.3 is 5.73 Å². The predicted octanol–water partition coefficient (Wildman–Crippen LogP) is 0.832. The number of rotatable bonds is 4. The molecular formula is C10H22N2O2S. The van der Waals surface area contributed by atoms with Gasteiger partial charge >= 0.3 is 0 Å². The highest BCUT2D eigenvalue weighted by Crippen LogP contribution is 2.22. The maximum absolute atomic E-state index is 11.5. The molecule has 0 aromatic heterocycles. The van der Waals surface area contributed by atoms with Gasteiger partial charge in [-0.15, -0.1) is 0 Å². The first kappa shape index (κ1) is 12.9. The van der Waals surface area contributed by atoms with Gasteiger partial charge in [0.1, 0.15) is 0 Å². The van der Waals surface area contributed by atoms with E-state index < -0.39 is 10.0 Å². The average molecular weight is 234 g/mol. The van der Waals surface area contributed by atoms with Gasteiger partial charge in [-0.2, -0.15) is 0 Å². The van der Waals surface area contributed by atoms with Crippen molar-refractivity contribution in [2.45, 2.75) is 50.8 Å². The van der Waals surface area contributed by atoms with Crippen molar-refractivity contribution in [3.05, 3.63) is 0 Å². The van der Waals surface area contributed by atoms with Crippen LogP contribution >= 0.6 is 0 Å². The second-order valence-corrected chi connectivity index (χ2v) is 7.04. The molecule has 0 aromatic rings. The maximum Gasteiger partial charge on any atom is 0.213 e. The van der Waals surface area contributed by atoms with Crippen molar-refractivity contribution in [2.24, 2.45) is 11.7 Å². The summed E-state index contributed by atoms with van der Waals surface area (Å²) in [6.07, 6.45) is 4.13. The van der Waals surface area contributed by atoms with E-state index in [9.17, 15) is 8.42 Å². The summed E-state index contributed by atoms with van der Waals surface area (Å²) in [6, 6.07) is 0.322. The zero-order valence-corrected chi connectivity index (χ0v) is 10.4. The molecule has 0 spiro atoms. The smallest absolute Gasteiger partial charge is 0.213 e. The average Bonchev–Trinajstić information content (AvgIpc) is 2.17.